The van der Waals surface area contributed by atoms with Crippen molar-refractivity contribution in [3.63, 3.8) is 0 Å². The first-order valence-corrected chi connectivity index (χ1v) is 9.31. The van der Waals surface area contributed by atoms with Crippen LogP contribution in [0.1, 0.15) is 38.2 Å². The van der Waals surface area contributed by atoms with Gasteiger partial charge in [0.25, 0.3) is 0 Å². The Morgan fingerprint density at radius 2 is 2.08 bits per heavy atom. The van der Waals surface area contributed by atoms with Gasteiger partial charge in [-0.15, -0.1) is 0 Å². The molecular formula is C20H31N5. The summed E-state index contributed by atoms with van der Waals surface area (Å²) >= 11 is 0. The van der Waals surface area contributed by atoms with Gasteiger partial charge in [-0.25, -0.2) is 0 Å². The lowest BCUT2D eigenvalue weighted by Gasteiger charge is -2.45. The summed E-state index contributed by atoms with van der Waals surface area (Å²) in [7, 11) is 6.44. The van der Waals surface area contributed by atoms with E-state index in [1.165, 1.54) is 31.2 Å². The summed E-state index contributed by atoms with van der Waals surface area (Å²) in [5.41, 5.74) is 3.69. The van der Waals surface area contributed by atoms with E-state index in [-0.39, 0.29) is 5.54 Å². The van der Waals surface area contributed by atoms with Crippen LogP contribution < -0.4 is 5.32 Å². The number of rotatable bonds is 6. The van der Waals surface area contributed by atoms with Gasteiger partial charge in [0.15, 0.2) is 0 Å². The Morgan fingerprint density at radius 3 is 2.76 bits per heavy atom. The lowest BCUT2D eigenvalue weighted by atomic mass is 9.75. The third kappa shape index (κ3) is 4.10. The molecule has 5 nitrogen and oxygen atoms in total. The number of nitrogens with zero attached hydrogens (tertiary/aromatic N) is 4. The summed E-state index contributed by atoms with van der Waals surface area (Å²) in [6.45, 7) is 4.25. The topological polar surface area (TPSA) is 46.0 Å². The first-order valence-electron chi connectivity index (χ1n) is 9.31. The molecule has 25 heavy (non-hydrogen) atoms. The van der Waals surface area contributed by atoms with Crippen LogP contribution in [0.3, 0.4) is 0 Å². The van der Waals surface area contributed by atoms with E-state index < -0.39 is 0 Å². The number of pyridine rings is 1. The fourth-order valence-corrected chi connectivity index (χ4v) is 4.21. The fraction of sp³-hybridized carbons (Fsp3) is 0.600. The van der Waals surface area contributed by atoms with Gasteiger partial charge >= 0.3 is 0 Å². The average Bonchev–Trinajstić information content (AvgIpc) is 2.96. The zero-order chi connectivity index (χ0) is 17.9. The standard InChI is InChI=1S/C20H31N5/c1-16-6-5-9-20(12-16,24(2)3)15-22-13-18-14-25(4)23-19(18)17-7-10-21-11-8-17/h7-8,10-11,14,16,22H,5-6,9,12-13,15H2,1-4H3/t16-,20-/m0/s1. The zero-order valence-corrected chi connectivity index (χ0v) is 16.0. The third-order valence-electron chi connectivity index (χ3n) is 5.64. The Bertz CT molecular complexity index is 679. The van der Waals surface area contributed by atoms with Gasteiger partial charge < -0.3 is 10.2 Å². The van der Waals surface area contributed by atoms with Crippen LogP contribution in [-0.4, -0.2) is 45.8 Å². The molecule has 1 fully saturated rings. The maximum absolute atomic E-state index is 4.65. The molecule has 2 heterocycles. The van der Waals surface area contributed by atoms with Crippen LogP contribution in [0, 0.1) is 5.92 Å². The van der Waals surface area contributed by atoms with E-state index in [1.807, 2.05) is 36.3 Å². The van der Waals surface area contributed by atoms with Crippen molar-refractivity contribution in [2.45, 2.75) is 44.7 Å². The second-order valence-corrected chi connectivity index (χ2v) is 7.84. The molecule has 1 aliphatic carbocycles. The van der Waals surface area contributed by atoms with Crippen LogP contribution in [0.25, 0.3) is 11.3 Å². The van der Waals surface area contributed by atoms with Crippen LogP contribution in [0.4, 0.5) is 0 Å². The number of hydrogen-bond acceptors (Lipinski definition) is 4. The first-order chi connectivity index (χ1) is 12.0. The molecule has 2 atom stereocenters. The minimum absolute atomic E-state index is 0.275. The lowest BCUT2D eigenvalue weighted by Crippen LogP contribution is -2.54. The molecule has 1 N–H and O–H groups in total. The number of hydrogen-bond donors (Lipinski definition) is 1. The molecule has 2 aromatic rings. The van der Waals surface area contributed by atoms with Crippen molar-refractivity contribution < 1.29 is 0 Å². The molecule has 2 aromatic heterocycles. The van der Waals surface area contributed by atoms with E-state index in [1.54, 1.807) is 0 Å². The van der Waals surface area contributed by atoms with Gasteiger partial charge in [-0.2, -0.15) is 5.10 Å². The minimum atomic E-state index is 0.275. The molecule has 0 spiro atoms. The van der Waals surface area contributed by atoms with Crippen molar-refractivity contribution in [3.8, 4) is 11.3 Å². The van der Waals surface area contributed by atoms with Gasteiger partial charge in [0.1, 0.15) is 0 Å². The number of likely N-dealkylation sites (N-methyl/N-ethyl adjacent to an activating group) is 1. The first kappa shape index (κ1) is 18.1. The van der Waals surface area contributed by atoms with Crippen LogP contribution in [0.15, 0.2) is 30.7 Å². The molecule has 0 unspecified atom stereocenters. The molecule has 136 valence electrons. The lowest BCUT2D eigenvalue weighted by molar-refractivity contribution is 0.0750. The third-order valence-corrected chi connectivity index (χ3v) is 5.64. The van der Waals surface area contributed by atoms with Gasteiger partial charge in [-0.05, 0) is 45.0 Å². The molecule has 0 aliphatic heterocycles. The predicted octanol–water partition coefficient (Wildman–Crippen LogP) is 3.08. The molecule has 0 radical (unpaired) electrons. The summed E-state index contributed by atoms with van der Waals surface area (Å²) in [6.07, 6.45) is 11.0. The van der Waals surface area contributed by atoms with Crippen LogP contribution in [0.2, 0.25) is 0 Å². The zero-order valence-electron chi connectivity index (χ0n) is 16.0. The van der Waals surface area contributed by atoms with E-state index in [0.29, 0.717) is 0 Å². The van der Waals surface area contributed by atoms with Crippen molar-refractivity contribution in [3.05, 3.63) is 36.3 Å². The molecule has 0 amide bonds. The van der Waals surface area contributed by atoms with E-state index >= 15 is 0 Å². The van der Waals surface area contributed by atoms with Crippen molar-refractivity contribution in [1.29, 1.82) is 0 Å². The van der Waals surface area contributed by atoms with Crippen molar-refractivity contribution in [2.24, 2.45) is 13.0 Å². The second-order valence-electron chi connectivity index (χ2n) is 7.84. The van der Waals surface area contributed by atoms with Gasteiger partial charge in [0, 0.05) is 55.4 Å². The maximum atomic E-state index is 4.65. The van der Waals surface area contributed by atoms with E-state index in [2.05, 4.69) is 47.5 Å². The normalized spacial score (nSPS) is 24.0. The summed E-state index contributed by atoms with van der Waals surface area (Å²) in [4.78, 5) is 6.54. The minimum Gasteiger partial charge on any atom is -0.311 e. The number of aryl methyl sites for hydroxylation is 1. The summed E-state index contributed by atoms with van der Waals surface area (Å²) in [6, 6.07) is 4.05. The Balaban J connectivity index is 1.70. The fourth-order valence-electron chi connectivity index (χ4n) is 4.21. The molecule has 5 heteroatoms. The Morgan fingerprint density at radius 1 is 1.32 bits per heavy atom. The molecule has 1 aliphatic rings. The molecule has 0 aromatic carbocycles. The summed E-state index contributed by atoms with van der Waals surface area (Å²) in [5, 5.41) is 8.38. The van der Waals surface area contributed by atoms with Crippen molar-refractivity contribution in [1.82, 2.24) is 25.0 Å². The van der Waals surface area contributed by atoms with Crippen LogP contribution in [-0.2, 0) is 13.6 Å². The Kier molecular flexibility index (Phi) is 5.54. The quantitative estimate of drug-likeness (QED) is 0.877. The molecule has 1 saturated carbocycles. The highest BCUT2D eigenvalue weighted by atomic mass is 15.3. The van der Waals surface area contributed by atoms with Crippen molar-refractivity contribution in [2.75, 3.05) is 20.6 Å². The van der Waals surface area contributed by atoms with Crippen LogP contribution >= 0.6 is 0 Å². The van der Waals surface area contributed by atoms with Crippen molar-refractivity contribution >= 4 is 0 Å². The molecular weight excluding hydrogens is 310 g/mol. The molecule has 0 saturated heterocycles. The average molecular weight is 342 g/mol. The number of nitrogens with one attached hydrogen (secondary N) is 1. The van der Waals surface area contributed by atoms with Gasteiger partial charge in [0.05, 0.1) is 5.69 Å². The Labute approximate surface area is 151 Å². The van der Waals surface area contributed by atoms with E-state index in [9.17, 15) is 0 Å². The smallest absolute Gasteiger partial charge is 0.0969 e. The Hall–Kier alpha value is -1.72. The SMILES string of the molecule is C[C@H]1CCC[C@](CNCc2cn(C)nc2-c2ccncc2)(N(C)C)C1. The highest BCUT2D eigenvalue weighted by molar-refractivity contribution is 5.61. The van der Waals surface area contributed by atoms with Gasteiger partial charge in [-0.3, -0.25) is 9.67 Å². The van der Waals surface area contributed by atoms with E-state index in [0.717, 1.165) is 30.3 Å². The molecule has 0 bridgehead atoms. The maximum Gasteiger partial charge on any atom is 0.0969 e. The van der Waals surface area contributed by atoms with Gasteiger partial charge in [-0.1, -0.05) is 19.8 Å². The summed E-state index contributed by atoms with van der Waals surface area (Å²) < 4.78 is 1.90. The molecule has 3 rings (SSSR count). The highest BCUT2D eigenvalue weighted by Crippen LogP contribution is 2.35. The predicted molar refractivity (Wildman–Crippen MR) is 102 cm³/mol. The summed E-state index contributed by atoms with van der Waals surface area (Å²) in [5.74, 6) is 0.809. The largest absolute Gasteiger partial charge is 0.311 e. The second kappa shape index (κ2) is 7.67. The van der Waals surface area contributed by atoms with Crippen LogP contribution in [0.5, 0.6) is 0 Å². The monoisotopic (exact) mass is 341 g/mol. The highest BCUT2D eigenvalue weighted by Gasteiger charge is 2.36. The van der Waals surface area contributed by atoms with E-state index in [4.69, 9.17) is 0 Å². The van der Waals surface area contributed by atoms with Gasteiger partial charge in [0.2, 0.25) is 0 Å². The number of aromatic nitrogens is 3.